The molecular weight excluding hydrogens is 258 g/mol. The maximum atomic E-state index is 11.3. The number of para-hydroxylation sites is 1. The summed E-state index contributed by atoms with van der Waals surface area (Å²) in [5, 5.41) is 0. The van der Waals surface area contributed by atoms with Gasteiger partial charge in [-0.1, -0.05) is 18.2 Å². The lowest BCUT2D eigenvalue weighted by Gasteiger charge is -2.21. The molecule has 2 N–H and O–H groups in total. The molecular formula is C15H23NO4. The molecule has 0 bridgehead atoms. The highest BCUT2D eigenvalue weighted by Crippen LogP contribution is 2.11. The third kappa shape index (κ3) is 6.04. The Morgan fingerprint density at radius 1 is 1.20 bits per heavy atom. The maximum Gasteiger partial charge on any atom is 0.325 e. The molecule has 5 nitrogen and oxygen atoms in total. The Bertz CT molecular complexity index is 392. The molecule has 0 aromatic heterocycles. The van der Waals surface area contributed by atoms with E-state index in [9.17, 15) is 4.79 Å². The van der Waals surface area contributed by atoms with E-state index in [1.165, 1.54) is 7.11 Å². The molecule has 0 fully saturated rings. The van der Waals surface area contributed by atoms with Crippen LogP contribution in [0.2, 0.25) is 0 Å². The van der Waals surface area contributed by atoms with Crippen molar-refractivity contribution < 1.29 is 19.0 Å². The van der Waals surface area contributed by atoms with Crippen LogP contribution in [0, 0.1) is 0 Å². The third-order valence-electron chi connectivity index (χ3n) is 2.88. The van der Waals surface area contributed by atoms with Gasteiger partial charge in [0.25, 0.3) is 0 Å². The van der Waals surface area contributed by atoms with E-state index in [0.717, 1.165) is 5.75 Å². The number of ether oxygens (including phenoxy) is 3. The van der Waals surface area contributed by atoms with Gasteiger partial charge >= 0.3 is 5.97 Å². The van der Waals surface area contributed by atoms with Crippen LogP contribution in [0.4, 0.5) is 0 Å². The van der Waals surface area contributed by atoms with Gasteiger partial charge in [-0.2, -0.15) is 0 Å². The first-order valence-corrected chi connectivity index (χ1v) is 6.69. The summed E-state index contributed by atoms with van der Waals surface area (Å²) < 4.78 is 15.6. The van der Waals surface area contributed by atoms with Gasteiger partial charge in [0.1, 0.15) is 17.9 Å². The van der Waals surface area contributed by atoms with E-state index in [2.05, 4.69) is 4.74 Å². The minimum Gasteiger partial charge on any atom is -0.491 e. The average Bonchev–Trinajstić information content (AvgIpc) is 2.46. The number of hydrogen-bond donors (Lipinski definition) is 1. The lowest BCUT2D eigenvalue weighted by molar-refractivity contribution is -0.146. The van der Waals surface area contributed by atoms with Crippen molar-refractivity contribution in [3.8, 4) is 5.75 Å². The predicted molar refractivity (Wildman–Crippen MR) is 76.6 cm³/mol. The monoisotopic (exact) mass is 281 g/mol. The van der Waals surface area contributed by atoms with Crippen LogP contribution in [0.5, 0.6) is 5.75 Å². The van der Waals surface area contributed by atoms with Crippen LogP contribution in [0.3, 0.4) is 0 Å². The lowest BCUT2D eigenvalue weighted by Crippen LogP contribution is -2.45. The molecule has 0 spiro atoms. The first kappa shape index (κ1) is 16.5. The number of carbonyl (C=O) groups excluding carboxylic acids is 1. The fourth-order valence-corrected chi connectivity index (χ4v) is 1.71. The minimum atomic E-state index is -0.946. The Morgan fingerprint density at radius 3 is 2.55 bits per heavy atom. The SMILES string of the molecule is COC(=O)C(C)(N)CCCOCCOc1ccccc1. The van der Waals surface area contributed by atoms with E-state index in [4.69, 9.17) is 15.2 Å². The Hall–Kier alpha value is -1.59. The summed E-state index contributed by atoms with van der Waals surface area (Å²) in [4.78, 5) is 11.3. The number of rotatable bonds is 9. The van der Waals surface area contributed by atoms with Gasteiger partial charge < -0.3 is 19.9 Å². The highest BCUT2D eigenvalue weighted by molar-refractivity contribution is 5.79. The number of benzene rings is 1. The summed E-state index contributed by atoms with van der Waals surface area (Å²) >= 11 is 0. The molecule has 1 aromatic carbocycles. The maximum absolute atomic E-state index is 11.3. The van der Waals surface area contributed by atoms with Crippen LogP contribution in [0.25, 0.3) is 0 Å². The van der Waals surface area contributed by atoms with E-state index in [-0.39, 0.29) is 0 Å². The Kier molecular flexibility index (Phi) is 7.04. The minimum absolute atomic E-state index is 0.398. The largest absolute Gasteiger partial charge is 0.491 e. The molecule has 20 heavy (non-hydrogen) atoms. The lowest BCUT2D eigenvalue weighted by atomic mass is 9.98. The second-order valence-electron chi connectivity index (χ2n) is 4.79. The molecule has 0 aliphatic carbocycles. The molecule has 1 unspecified atom stereocenters. The molecule has 0 heterocycles. The molecule has 0 saturated carbocycles. The summed E-state index contributed by atoms with van der Waals surface area (Å²) in [5.74, 6) is 0.432. The second-order valence-corrected chi connectivity index (χ2v) is 4.79. The smallest absolute Gasteiger partial charge is 0.325 e. The summed E-state index contributed by atoms with van der Waals surface area (Å²) in [6.07, 6.45) is 1.23. The molecule has 0 radical (unpaired) electrons. The zero-order valence-corrected chi connectivity index (χ0v) is 12.1. The fraction of sp³-hybridized carbons (Fsp3) is 0.533. The van der Waals surface area contributed by atoms with Crippen molar-refractivity contribution in [3.05, 3.63) is 30.3 Å². The summed E-state index contributed by atoms with van der Waals surface area (Å²) in [6, 6.07) is 9.58. The van der Waals surface area contributed by atoms with Gasteiger partial charge in [-0.3, -0.25) is 4.79 Å². The molecule has 5 heteroatoms. The molecule has 0 amide bonds. The molecule has 0 saturated heterocycles. The topological polar surface area (TPSA) is 70.8 Å². The zero-order chi connectivity index (χ0) is 14.8. The van der Waals surface area contributed by atoms with Gasteiger partial charge in [-0.25, -0.2) is 0 Å². The zero-order valence-electron chi connectivity index (χ0n) is 12.1. The standard InChI is InChI=1S/C15H23NO4/c1-15(16,14(17)18-2)9-6-10-19-11-12-20-13-7-4-3-5-8-13/h3-5,7-8H,6,9-12,16H2,1-2H3. The van der Waals surface area contributed by atoms with Crippen LogP contribution in [-0.2, 0) is 14.3 Å². The highest BCUT2D eigenvalue weighted by Gasteiger charge is 2.28. The van der Waals surface area contributed by atoms with Crippen molar-refractivity contribution >= 4 is 5.97 Å². The molecule has 1 aromatic rings. The molecule has 0 aliphatic rings. The van der Waals surface area contributed by atoms with Crippen LogP contribution in [0.15, 0.2) is 30.3 Å². The van der Waals surface area contributed by atoms with Crippen LogP contribution in [0.1, 0.15) is 19.8 Å². The average molecular weight is 281 g/mol. The van der Waals surface area contributed by atoms with Crippen molar-refractivity contribution in [3.63, 3.8) is 0 Å². The van der Waals surface area contributed by atoms with Crippen molar-refractivity contribution in [1.82, 2.24) is 0 Å². The fourth-order valence-electron chi connectivity index (χ4n) is 1.71. The number of methoxy groups -OCH3 is 1. The number of nitrogens with two attached hydrogens (primary N) is 1. The van der Waals surface area contributed by atoms with E-state index in [1.54, 1.807) is 6.92 Å². The first-order valence-electron chi connectivity index (χ1n) is 6.69. The normalized spacial score (nSPS) is 13.6. The highest BCUT2D eigenvalue weighted by atomic mass is 16.5. The number of hydrogen-bond acceptors (Lipinski definition) is 5. The summed E-state index contributed by atoms with van der Waals surface area (Å²) in [5.41, 5.74) is 4.89. The molecule has 112 valence electrons. The van der Waals surface area contributed by atoms with Gasteiger partial charge in [-0.05, 0) is 31.9 Å². The number of esters is 1. The van der Waals surface area contributed by atoms with Crippen LogP contribution >= 0.6 is 0 Å². The van der Waals surface area contributed by atoms with Crippen molar-refractivity contribution in [1.29, 1.82) is 0 Å². The van der Waals surface area contributed by atoms with E-state index >= 15 is 0 Å². The predicted octanol–water partition coefficient (Wildman–Crippen LogP) is 1.75. The van der Waals surface area contributed by atoms with Crippen molar-refractivity contribution in [2.75, 3.05) is 26.9 Å². The molecule has 0 aliphatic heterocycles. The molecule has 1 atom stereocenters. The number of carbonyl (C=O) groups is 1. The third-order valence-corrected chi connectivity index (χ3v) is 2.88. The van der Waals surface area contributed by atoms with E-state index in [1.807, 2.05) is 30.3 Å². The first-order chi connectivity index (χ1) is 9.56. The van der Waals surface area contributed by atoms with Crippen LogP contribution in [-0.4, -0.2) is 38.4 Å². The van der Waals surface area contributed by atoms with E-state index < -0.39 is 11.5 Å². The van der Waals surface area contributed by atoms with Gasteiger partial charge in [0.2, 0.25) is 0 Å². The van der Waals surface area contributed by atoms with Gasteiger partial charge in [0, 0.05) is 6.61 Å². The molecule has 1 rings (SSSR count). The van der Waals surface area contributed by atoms with Crippen LogP contribution < -0.4 is 10.5 Å². The van der Waals surface area contributed by atoms with Crippen molar-refractivity contribution in [2.24, 2.45) is 5.73 Å². The summed E-state index contributed by atoms with van der Waals surface area (Å²) in [7, 11) is 1.34. The van der Waals surface area contributed by atoms with Gasteiger partial charge in [-0.15, -0.1) is 0 Å². The Morgan fingerprint density at radius 2 is 1.90 bits per heavy atom. The second kappa shape index (κ2) is 8.55. The van der Waals surface area contributed by atoms with Gasteiger partial charge in [0.15, 0.2) is 0 Å². The quantitative estimate of drug-likeness (QED) is 0.551. The van der Waals surface area contributed by atoms with Crippen molar-refractivity contribution in [2.45, 2.75) is 25.3 Å². The van der Waals surface area contributed by atoms with E-state index in [0.29, 0.717) is 32.7 Å². The summed E-state index contributed by atoms with van der Waals surface area (Å²) in [6.45, 7) is 3.22. The van der Waals surface area contributed by atoms with Gasteiger partial charge in [0.05, 0.1) is 13.7 Å². The Balaban J connectivity index is 2.04. The Labute approximate surface area is 120 Å².